The van der Waals surface area contributed by atoms with Crippen molar-refractivity contribution in [1.82, 2.24) is 10.1 Å². The Morgan fingerprint density at radius 1 is 1.13 bits per heavy atom. The highest BCUT2D eigenvalue weighted by molar-refractivity contribution is 6.03. The third kappa shape index (κ3) is 3.24. The van der Waals surface area contributed by atoms with Gasteiger partial charge in [-0.05, 0) is 23.8 Å². The number of aromatic nitrogens is 2. The zero-order chi connectivity index (χ0) is 20.7. The van der Waals surface area contributed by atoms with Crippen LogP contribution in [0.25, 0.3) is 0 Å². The molecule has 0 saturated heterocycles. The maximum Gasteiger partial charge on any atom is 0.327 e. The number of carbonyl (C=O) groups excluding carboxylic acids is 1. The van der Waals surface area contributed by atoms with Crippen molar-refractivity contribution in [2.24, 2.45) is 0 Å². The van der Waals surface area contributed by atoms with Gasteiger partial charge in [-0.3, -0.25) is 4.90 Å². The lowest BCUT2D eigenvalue weighted by Crippen LogP contribution is -2.36. The molecule has 3 heterocycles. The molecule has 2 amide bonds. The first-order chi connectivity index (χ1) is 14.6. The van der Waals surface area contributed by atoms with Gasteiger partial charge in [0.15, 0.2) is 17.3 Å². The molecular formula is C22H22N4O4. The molecule has 2 aliphatic heterocycles. The predicted molar refractivity (Wildman–Crippen MR) is 110 cm³/mol. The average Bonchev–Trinajstić information content (AvgIpc) is 3.38. The zero-order valence-electron chi connectivity index (χ0n) is 16.8. The fourth-order valence-corrected chi connectivity index (χ4v) is 3.76. The Balaban J connectivity index is 1.45. The van der Waals surface area contributed by atoms with E-state index in [2.05, 4.69) is 15.5 Å². The van der Waals surface area contributed by atoms with Crippen LogP contribution in [0.5, 0.6) is 11.5 Å². The van der Waals surface area contributed by atoms with Crippen LogP contribution in [0.15, 0.2) is 47.0 Å². The molecule has 2 aliphatic rings. The Morgan fingerprint density at radius 3 is 2.73 bits per heavy atom. The van der Waals surface area contributed by atoms with Gasteiger partial charge in [0.25, 0.3) is 0 Å². The molecule has 1 unspecified atom stereocenters. The third-order valence-electron chi connectivity index (χ3n) is 5.25. The number of nitrogens with zero attached hydrogens (tertiary/aromatic N) is 3. The average molecular weight is 406 g/mol. The largest absolute Gasteiger partial charge is 0.486 e. The van der Waals surface area contributed by atoms with E-state index in [0.29, 0.717) is 48.5 Å². The molecule has 0 radical (unpaired) electrons. The van der Waals surface area contributed by atoms with Gasteiger partial charge < -0.3 is 19.3 Å². The number of para-hydroxylation sites is 1. The van der Waals surface area contributed by atoms with Crippen LogP contribution in [0.2, 0.25) is 0 Å². The zero-order valence-corrected chi connectivity index (χ0v) is 16.8. The normalized spacial score (nSPS) is 17.2. The molecule has 1 aromatic heterocycles. The van der Waals surface area contributed by atoms with E-state index in [1.807, 2.05) is 38.1 Å². The minimum absolute atomic E-state index is 0.145. The summed E-state index contributed by atoms with van der Waals surface area (Å²) in [4.78, 5) is 19.5. The van der Waals surface area contributed by atoms with Gasteiger partial charge in [0.1, 0.15) is 19.3 Å². The molecule has 0 bridgehead atoms. The lowest BCUT2D eigenvalue weighted by Gasteiger charge is -2.24. The lowest BCUT2D eigenvalue weighted by atomic mass is 10.1. The first-order valence-corrected chi connectivity index (χ1v) is 10.0. The molecule has 3 aromatic rings. The standard InChI is InChI=1S/C22H22N4O4/c1-13(2)20-24-21(30-25-20)17-11-14-5-3-4-6-16(14)26(17)22(27)23-15-7-8-18-19(12-15)29-10-9-28-18/h3-8,12-13,17H,9-11H2,1-2H3,(H,23,27). The van der Waals surface area contributed by atoms with Crippen LogP contribution >= 0.6 is 0 Å². The van der Waals surface area contributed by atoms with Gasteiger partial charge in [-0.2, -0.15) is 4.98 Å². The minimum atomic E-state index is -0.361. The molecule has 154 valence electrons. The smallest absolute Gasteiger partial charge is 0.327 e. The molecular weight excluding hydrogens is 384 g/mol. The number of amides is 2. The molecule has 0 fully saturated rings. The summed E-state index contributed by atoms with van der Waals surface area (Å²) in [5, 5.41) is 7.04. The van der Waals surface area contributed by atoms with Gasteiger partial charge in [0.05, 0.1) is 0 Å². The number of carbonyl (C=O) groups is 1. The Morgan fingerprint density at radius 2 is 1.93 bits per heavy atom. The van der Waals surface area contributed by atoms with Crippen LogP contribution in [0, 0.1) is 0 Å². The van der Waals surface area contributed by atoms with Gasteiger partial charge in [-0.25, -0.2) is 4.79 Å². The number of urea groups is 1. The highest BCUT2D eigenvalue weighted by Crippen LogP contribution is 2.41. The van der Waals surface area contributed by atoms with E-state index in [0.717, 1.165) is 11.3 Å². The first kappa shape index (κ1) is 18.5. The fourth-order valence-electron chi connectivity index (χ4n) is 3.76. The summed E-state index contributed by atoms with van der Waals surface area (Å²) in [6, 6.07) is 12.6. The number of fused-ring (bicyclic) bond motifs is 2. The summed E-state index contributed by atoms with van der Waals surface area (Å²) in [6.07, 6.45) is 0.616. The van der Waals surface area contributed by atoms with Gasteiger partial charge in [0.2, 0.25) is 5.89 Å². The number of benzene rings is 2. The second kappa shape index (κ2) is 7.37. The van der Waals surface area contributed by atoms with Crippen molar-refractivity contribution in [3.8, 4) is 11.5 Å². The number of nitrogens with one attached hydrogen (secondary N) is 1. The van der Waals surface area contributed by atoms with Crippen molar-refractivity contribution in [3.05, 3.63) is 59.7 Å². The van der Waals surface area contributed by atoms with Crippen molar-refractivity contribution < 1.29 is 18.8 Å². The van der Waals surface area contributed by atoms with Crippen molar-refractivity contribution in [2.45, 2.75) is 32.2 Å². The molecule has 5 rings (SSSR count). The monoisotopic (exact) mass is 406 g/mol. The van der Waals surface area contributed by atoms with Crippen LogP contribution in [-0.2, 0) is 6.42 Å². The van der Waals surface area contributed by atoms with E-state index >= 15 is 0 Å². The Hall–Kier alpha value is -3.55. The Labute approximate surface area is 173 Å². The minimum Gasteiger partial charge on any atom is -0.486 e. The topological polar surface area (TPSA) is 89.7 Å². The molecule has 2 aromatic carbocycles. The van der Waals surface area contributed by atoms with Crippen LogP contribution in [-0.4, -0.2) is 29.4 Å². The quantitative estimate of drug-likeness (QED) is 0.698. The summed E-state index contributed by atoms with van der Waals surface area (Å²) in [6.45, 7) is 5.02. The lowest BCUT2D eigenvalue weighted by molar-refractivity contribution is 0.171. The van der Waals surface area contributed by atoms with E-state index in [4.69, 9.17) is 14.0 Å². The number of ether oxygens (including phenoxy) is 2. The summed E-state index contributed by atoms with van der Waals surface area (Å²) in [5.41, 5.74) is 2.52. The maximum atomic E-state index is 13.3. The number of rotatable bonds is 3. The second-order valence-electron chi connectivity index (χ2n) is 7.65. The molecule has 0 aliphatic carbocycles. The number of hydrogen-bond acceptors (Lipinski definition) is 6. The SMILES string of the molecule is CC(C)c1noc(C2Cc3ccccc3N2C(=O)Nc2ccc3c(c2)OCCO3)n1. The third-order valence-corrected chi connectivity index (χ3v) is 5.25. The van der Waals surface area contributed by atoms with Crippen molar-refractivity contribution in [2.75, 3.05) is 23.4 Å². The molecule has 0 spiro atoms. The maximum absolute atomic E-state index is 13.3. The predicted octanol–water partition coefficient (Wildman–Crippen LogP) is 4.30. The highest BCUT2D eigenvalue weighted by atomic mass is 16.6. The van der Waals surface area contributed by atoms with Crippen molar-refractivity contribution in [3.63, 3.8) is 0 Å². The van der Waals surface area contributed by atoms with Gasteiger partial charge in [0, 0.05) is 29.8 Å². The van der Waals surface area contributed by atoms with Gasteiger partial charge in [-0.1, -0.05) is 37.2 Å². The van der Waals surface area contributed by atoms with Crippen molar-refractivity contribution >= 4 is 17.4 Å². The van der Waals surface area contributed by atoms with Crippen LogP contribution < -0.4 is 19.7 Å². The summed E-state index contributed by atoms with van der Waals surface area (Å²) in [5.74, 6) is 2.51. The summed E-state index contributed by atoms with van der Waals surface area (Å²) >= 11 is 0. The first-order valence-electron chi connectivity index (χ1n) is 10.0. The van der Waals surface area contributed by atoms with E-state index in [-0.39, 0.29) is 18.0 Å². The second-order valence-corrected chi connectivity index (χ2v) is 7.65. The molecule has 1 atom stereocenters. The van der Waals surface area contributed by atoms with E-state index in [1.165, 1.54) is 0 Å². The molecule has 0 saturated carbocycles. The number of hydrogen-bond donors (Lipinski definition) is 1. The van der Waals surface area contributed by atoms with E-state index in [9.17, 15) is 4.79 Å². The van der Waals surface area contributed by atoms with Gasteiger partial charge in [-0.15, -0.1) is 0 Å². The van der Waals surface area contributed by atoms with Crippen LogP contribution in [0.1, 0.15) is 43.1 Å². The molecule has 30 heavy (non-hydrogen) atoms. The summed E-state index contributed by atoms with van der Waals surface area (Å²) in [7, 11) is 0. The highest BCUT2D eigenvalue weighted by Gasteiger charge is 2.38. The van der Waals surface area contributed by atoms with Crippen LogP contribution in [0.4, 0.5) is 16.2 Å². The van der Waals surface area contributed by atoms with Crippen LogP contribution in [0.3, 0.4) is 0 Å². The molecule has 1 N–H and O–H groups in total. The fraction of sp³-hybridized carbons (Fsp3) is 0.318. The van der Waals surface area contributed by atoms with E-state index in [1.54, 1.807) is 23.1 Å². The Kier molecular flexibility index (Phi) is 4.54. The summed E-state index contributed by atoms with van der Waals surface area (Å²) < 4.78 is 16.7. The van der Waals surface area contributed by atoms with Crippen molar-refractivity contribution in [1.29, 1.82) is 0 Å². The Bertz CT molecular complexity index is 1090. The van der Waals surface area contributed by atoms with Gasteiger partial charge >= 0.3 is 6.03 Å². The van der Waals surface area contributed by atoms with E-state index < -0.39 is 0 Å². The number of anilines is 2. The molecule has 8 heteroatoms. The molecule has 8 nitrogen and oxygen atoms in total.